The Kier molecular flexibility index (Phi) is 21.6. The fourth-order valence-corrected chi connectivity index (χ4v) is 3.74. The summed E-state index contributed by atoms with van der Waals surface area (Å²) in [6.45, 7) is 6.77. The summed E-state index contributed by atoms with van der Waals surface area (Å²) in [5.41, 5.74) is 0. The first-order valence-electron chi connectivity index (χ1n) is 12.9. The van der Waals surface area contributed by atoms with Crippen LogP contribution in [0.5, 0.6) is 0 Å². The molecule has 0 saturated carbocycles. The molecule has 0 radical (unpaired) electrons. The Bertz CT molecular complexity index is 398. The van der Waals surface area contributed by atoms with Gasteiger partial charge < -0.3 is 14.9 Å². The van der Waals surface area contributed by atoms with Crippen molar-refractivity contribution in [3.8, 4) is 0 Å². The molecule has 0 aromatic carbocycles. The van der Waals surface area contributed by atoms with Crippen molar-refractivity contribution in [3.05, 3.63) is 12.4 Å². The third kappa shape index (κ3) is 21.5. The summed E-state index contributed by atoms with van der Waals surface area (Å²) in [4.78, 5) is 14.9. The van der Waals surface area contributed by atoms with Gasteiger partial charge in [-0.3, -0.25) is 4.79 Å². The molecular weight excluding hydrogens is 372 g/mol. The van der Waals surface area contributed by atoms with Crippen molar-refractivity contribution >= 4 is 5.97 Å². The molecule has 178 valence electrons. The lowest BCUT2D eigenvalue weighted by Crippen LogP contribution is -2.23. The van der Waals surface area contributed by atoms with E-state index in [1.54, 1.807) is 0 Å². The number of unbranched alkanes of at least 4 members (excludes halogenated alkanes) is 15. The summed E-state index contributed by atoms with van der Waals surface area (Å²) in [6.07, 6.45) is 27.1. The van der Waals surface area contributed by atoms with Crippen LogP contribution in [0.25, 0.3) is 0 Å². The van der Waals surface area contributed by atoms with Crippen LogP contribution in [0.1, 0.15) is 129 Å². The fourth-order valence-electron chi connectivity index (χ4n) is 3.74. The van der Waals surface area contributed by atoms with Crippen molar-refractivity contribution in [3.63, 3.8) is 0 Å². The van der Waals surface area contributed by atoms with Gasteiger partial charge in [-0.15, -0.1) is 0 Å². The van der Waals surface area contributed by atoms with Gasteiger partial charge in [-0.05, 0) is 12.8 Å². The van der Waals surface area contributed by atoms with Gasteiger partial charge in [0, 0.05) is 32.4 Å². The zero-order valence-corrected chi connectivity index (χ0v) is 20.5. The molecule has 4 heteroatoms. The summed E-state index contributed by atoms with van der Waals surface area (Å²) in [7, 11) is 2.10. The van der Waals surface area contributed by atoms with Gasteiger partial charge in [-0.1, -0.05) is 110 Å². The van der Waals surface area contributed by atoms with Crippen LogP contribution >= 0.6 is 0 Å². The van der Waals surface area contributed by atoms with Gasteiger partial charge in [-0.25, -0.2) is 0 Å². The van der Waals surface area contributed by atoms with Crippen LogP contribution in [-0.2, 0) is 4.79 Å². The van der Waals surface area contributed by atoms with E-state index < -0.39 is 5.97 Å². The van der Waals surface area contributed by atoms with E-state index in [0.29, 0.717) is 6.42 Å². The predicted octanol–water partition coefficient (Wildman–Crippen LogP) is 7.80. The number of hydrogen-bond donors (Lipinski definition) is 1. The SMILES string of the molecule is CCCCCCCCCCCCCCCCCC(=O)O.CCCCN1C=CN(C)C1. The molecule has 0 amide bonds. The molecule has 0 aromatic heterocycles. The predicted molar refractivity (Wildman–Crippen MR) is 131 cm³/mol. The van der Waals surface area contributed by atoms with Gasteiger partial charge in [0.15, 0.2) is 0 Å². The molecule has 0 unspecified atom stereocenters. The molecule has 4 nitrogen and oxygen atoms in total. The van der Waals surface area contributed by atoms with Gasteiger partial charge >= 0.3 is 5.97 Å². The molecule has 1 N–H and O–H groups in total. The molecule has 1 aliphatic heterocycles. The maximum atomic E-state index is 10.3. The molecule has 0 bridgehead atoms. The summed E-state index contributed by atoms with van der Waals surface area (Å²) in [5.74, 6) is -0.653. The quantitative estimate of drug-likeness (QED) is 0.215. The Morgan fingerprint density at radius 1 is 0.700 bits per heavy atom. The van der Waals surface area contributed by atoms with E-state index in [1.165, 1.54) is 103 Å². The lowest BCUT2D eigenvalue weighted by atomic mass is 10.0. The van der Waals surface area contributed by atoms with Crippen LogP contribution in [0.15, 0.2) is 12.4 Å². The first kappa shape index (κ1) is 28.8. The zero-order chi connectivity index (χ0) is 22.3. The Labute approximate surface area is 188 Å². The van der Waals surface area contributed by atoms with Crippen molar-refractivity contribution in [1.82, 2.24) is 9.80 Å². The maximum Gasteiger partial charge on any atom is 0.303 e. The van der Waals surface area contributed by atoms with Crippen molar-refractivity contribution in [2.24, 2.45) is 0 Å². The highest BCUT2D eigenvalue weighted by Gasteiger charge is 2.05. The van der Waals surface area contributed by atoms with E-state index in [4.69, 9.17) is 5.11 Å². The van der Waals surface area contributed by atoms with E-state index in [-0.39, 0.29) is 0 Å². The van der Waals surface area contributed by atoms with Gasteiger partial charge in [0.25, 0.3) is 0 Å². The minimum absolute atomic E-state index is 0.345. The normalized spacial score (nSPS) is 12.9. The van der Waals surface area contributed by atoms with E-state index in [9.17, 15) is 4.79 Å². The zero-order valence-electron chi connectivity index (χ0n) is 20.5. The van der Waals surface area contributed by atoms with Gasteiger partial charge in [0.2, 0.25) is 0 Å². The third-order valence-electron chi connectivity index (χ3n) is 5.73. The van der Waals surface area contributed by atoms with E-state index >= 15 is 0 Å². The highest BCUT2D eigenvalue weighted by Crippen LogP contribution is 2.13. The van der Waals surface area contributed by atoms with Crippen molar-refractivity contribution < 1.29 is 9.90 Å². The summed E-state index contributed by atoms with van der Waals surface area (Å²) in [6, 6.07) is 0. The topological polar surface area (TPSA) is 43.8 Å². The minimum Gasteiger partial charge on any atom is -0.481 e. The van der Waals surface area contributed by atoms with Crippen molar-refractivity contribution in [2.45, 2.75) is 129 Å². The highest BCUT2D eigenvalue weighted by molar-refractivity contribution is 5.66. The summed E-state index contributed by atoms with van der Waals surface area (Å²) in [5, 5.41) is 8.52. The Morgan fingerprint density at radius 2 is 1.13 bits per heavy atom. The van der Waals surface area contributed by atoms with Crippen LogP contribution in [0.4, 0.5) is 0 Å². The number of carboxylic acids is 1. The van der Waals surface area contributed by atoms with Crippen LogP contribution < -0.4 is 0 Å². The van der Waals surface area contributed by atoms with Crippen LogP contribution in [0.3, 0.4) is 0 Å². The molecule has 0 spiro atoms. The molecular formula is C26H52N2O2. The first-order valence-corrected chi connectivity index (χ1v) is 12.9. The Morgan fingerprint density at radius 3 is 1.50 bits per heavy atom. The van der Waals surface area contributed by atoms with E-state index in [0.717, 1.165) is 19.5 Å². The second kappa shape index (κ2) is 22.5. The second-order valence-electron chi connectivity index (χ2n) is 8.96. The molecule has 0 fully saturated rings. The molecule has 30 heavy (non-hydrogen) atoms. The molecule has 0 saturated heterocycles. The molecule has 0 atom stereocenters. The number of hydrogen-bond acceptors (Lipinski definition) is 3. The molecule has 1 aliphatic rings. The molecule has 0 aromatic rings. The molecule has 1 rings (SSSR count). The monoisotopic (exact) mass is 424 g/mol. The van der Waals surface area contributed by atoms with Gasteiger partial charge in [0.1, 0.15) is 0 Å². The average molecular weight is 425 g/mol. The Hall–Kier alpha value is -1.19. The lowest BCUT2D eigenvalue weighted by molar-refractivity contribution is -0.137. The van der Waals surface area contributed by atoms with Crippen LogP contribution in [-0.4, -0.2) is 41.1 Å². The summed E-state index contributed by atoms with van der Waals surface area (Å²) < 4.78 is 0. The maximum absolute atomic E-state index is 10.3. The number of rotatable bonds is 19. The summed E-state index contributed by atoms with van der Waals surface area (Å²) >= 11 is 0. The number of nitrogens with zero attached hydrogens (tertiary/aromatic N) is 2. The lowest BCUT2D eigenvalue weighted by Gasteiger charge is -2.17. The highest BCUT2D eigenvalue weighted by atomic mass is 16.4. The number of aliphatic carboxylic acids is 1. The second-order valence-corrected chi connectivity index (χ2v) is 8.96. The largest absolute Gasteiger partial charge is 0.481 e. The van der Waals surface area contributed by atoms with Gasteiger partial charge in [-0.2, -0.15) is 0 Å². The standard InChI is InChI=1S/C18H36O2.C8H16N2/c1-2-3-4-5-6-7-8-9-10-11-12-13-14-15-16-17-18(19)20;1-3-4-5-10-7-6-9(2)8-10/h2-17H2,1H3,(H,19,20);6-7H,3-5,8H2,1-2H3. The average Bonchev–Trinajstić information content (AvgIpc) is 3.14. The number of carboxylic acid groups (broad SMARTS) is 1. The van der Waals surface area contributed by atoms with E-state index in [2.05, 4.69) is 43.1 Å². The first-order chi connectivity index (χ1) is 14.6. The molecule has 0 aliphatic carbocycles. The van der Waals surface area contributed by atoms with Crippen LogP contribution in [0, 0.1) is 0 Å². The van der Waals surface area contributed by atoms with Gasteiger partial charge in [0.05, 0.1) is 6.67 Å². The smallest absolute Gasteiger partial charge is 0.303 e. The van der Waals surface area contributed by atoms with Crippen LogP contribution in [0.2, 0.25) is 0 Å². The van der Waals surface area contributed by atoms with E-state index in [1.807, 2.05) is 0 Å². The fraction of sp³-hybridized carbons (Fsp3) is 0.885. The number of carbonyl (C=O) groups is 1. The minimum atomic E-state index is -0.653. The Balaban J connectivity index is 0.000000696. The molecule has 1 heterocycles. The van der Waals surface area contributed by atoms with Crippen molar-refractivity contribution in [1.29, 1.82) is 0 Å². The third-order valence-corrected chi connectivity index (χ3v) is 5.73. The van der Waals surface area contributed by atoms with Crippen molar-refractivity contribution in [2.75, 3.05) is 20.3 Å².